The topological polar surface area (TPSA) is 0 Å². The van der Waals surface area contributed by atoms with Crippen LogP contribution in [0.1, 0.15) is 23.6 Å². The summed E-state index contributed by atoms with van der Waals surface area (Å²) >= 11 is 0. The van der Waals surface area contributed by atoms with Crippen LogP contribution in [-0.2, 0) is 6.42 Å². The summed E-state index contributed by atoms with van der Waals surface area (Å²) in [6, 6.07) is 61.1. The minimum absolute atomic E-state index is 0.951. The lowest BCUT2D eigenvalue weighted by Crippen LogP contribution is -1.97. The fraction of sp³-hybridized carbons (Fsp3) is 0.0800. The van der Waals surface area contributed by atoms with E-state index in [1.807, 2.05) is 0 Å². The van der Waals surface area contributed by atoms with Gasteiger partial charge in [-0.05, 0) is 137 Å². The van der Waals surface area contributed by atoms with Crippen molar-refractivity contribution in [2.75, 3.05) is 0 Å². The Bertz CT molecular complexity index is 2750. The lowest BCUT2D eigenvalue weighted by Gasteiger charge is -2.22. The van der Waals surface area contributed by atoms with Crippen LogP contribution in [0.2, 0.25) is 0 Å². The Morgan fingerprint density at radius 3 is 1.70 bits per heavy atom. The van der Waals surface area contributed by atoms with Gasteiger partial charge in [0.05, 0.1) is 0 Å². The molecule has 0 aliphatic rings. The largest absolute Gasteiger partial charge is 0.0622 e. The summed E-state index contributed by atoms with van der Waals surface area (Å²) in [5, 5.41) is 10.2. The van der Waals surface area contributed by atoms with Crippen molar-refractivity contribution in [1.82, 2.24) is 0 Å². The van der Waals surface area contributed by atoms with Crippen molar-refractivity contribution in [1.29, 1.82) is 0 Å². The fourth-order valence-electron chi connectivity index (χ4n) is 8.26. The summed E-state index contributed by atoms with van der Waals surface area (Å²) in [6.07, 6.45) is 0.951. The molecule has 0 heterocycles. The normalized spacial score (nSPS) is 11.6. The zero-order valence-corrected chi connectivity index (χ0v) is 28.8. The molecule has 0 unspecified atom stereocenters. The average molecular weight is 639 g/mol. The van der Waals surface area contributed by atoms with Gasteiger partial charge in [-0.25, -0.2) is 0 Å². The van der Waals surface area contributed by atoms with Gasteiger partial charge in [0.1, 0.15) is 0 Å². The predicted molar refractivity (Wildman–Crippen MR) is 217 cm³/mol. The molecule has 0 radical (unpaired) electrons. The van der Waals surface area contributed by atoms with Crippen LogP contribution >= 0.6 is 0 Å². The second-order valence-electron chi connectivity index (χ2n) is 13.7. The third-order valence-electron chi connectivity index (χ3n) is 10.6. The zero-order chi connectivity index (χ0) is 33.8. The van der Waals surface area contributed by atoms with Gasteiger partial charge in [0, 0.05) is 0 Å². The molecule has 0 fully saturated rings. The molecule has 0 aliphatic carbocycles. The maximum absolute atomic E-state index is 2.51. The third kappa shape index (κ3) is 4.91. The molecule has 0 aliphatic heterocycles. The molecule has 0 nitrogen and oxygen atoms in total. The van der Waals surface area contributed by atoms with Crippen LogP contribution in [-0.4, -0.2) is 0 Å². The highest BCUT2D eigenvalue weighted by atomic mass is 14.2. The van der Waals surface area contributed by atoms with E-state index < -0.39 is 0 Å². The zero-order valence-electron chi connectivity index (χ0n) is 28.8. The van der Waals surface area contributed by atoms with E-state index in [1.165, 1.54) is 104 Å². The second kappa shape index (κ2) is 12.2. The first-order valence-corrected chi connectivity index (χ1v) is 17.7. The highest BCUT2D eigenvalue weighted by Gasteiger charge is 2.21. The van der Waals surface area contributed by atoms with Crippen molar-refractivity contribution in [3.05, 3.63) is 180 Å². The Morgan fingerprint density at radius 2 is 0.960 bits per heavy atom. The van der Waals surface area contributed by atoms with Gasteiger partial charge in [0.15, 0.2) is 0 Å². The van der Waals surface area contributed by atoms with Gasteiger partial charge in [0.25, 0.3) is 0 Å². The summed E-state index contributed by atoms with van der Waals surface area (Å²) in [7, 11) is 0. The van der Waals surface area contributed by atoms with Crippen molar-refractivity contribution in [3.8, 4) is 44.5 Å². The number of benzene rings is 9. The molecule has 0 saturated heterocycles. The molecule has 9 aromatic rings. The van der Waals surface area contributed by atoms with Gasteiger partial charge in [0.2, 0.25) is 0 Å². The van der Waals surface area contributed by atoms with E-state index in [1.54, 1.807) is 0 Å². The molecule has 9 aromatic carbocycles. The summed E-state index contributed by atoms with van der Waals surface area (Å²) in [6.45, 7) is 6.73. The molecule has 50 heavy (non-hydrogen) atoms. The molecule has 0 amide bonds. The van der Waals surface area contributed by atoms with Crippen molar-refractivity contribution >= 4 is 43.1 Å². The van der Waals surface area contributed by atoms with E-state index in [4.69, 9.17) is 0 Å². The molecule has 0 saturated carbocycles. The summed E-state index contributed by atoms with van der Waals surface area (Å²) in [5.41, 5.74) is 14.2. The molecule has 0 N–H and O–H groups in total. The highest BCUT2D eigenvalue weighted by molar-refractivity contribution is 6.25. The van der Waals surface area contributed by atoms with E-state index in [9.17, 15) is 0 Å². The first-order chi connectivity index (χ1) is 24.6. The molecule has 0 atom stereocenters. The minimum atomic E-state index is 0.951. The molecule has 9 rings (SSSR count). The number of aryl methyl sites for hydroxylation is 3. The minimum Gasteiger partial charge on any atom is -0.0622 e. The smallest absolute Gasteiger partial charge is 0.00199 e. The van der Waals surface area contributed by atoms with Crippen molar-refractivity contribution in [3.63, 3.8) is 0 Å². The second-order valence-corrected chi connectivity index (χ2v) is 13.7. The maximum atomic E-state index is 2.51. The van der Waals surface area contributed by atoms with E-state index in [-0.39, 0.29) is 0 Å². The molecule has 0 spiro atoms. The quantitative estimate of drug-likeness (QED) is 0.165. The standard InChI is InChI=1S/C50H38/c1-4-34-30-47-48(31-46(34)39-25-22-32(2)28-33(39)3)50(45-27-26-40(36-15-6-5-7-16-36)41-18-10-11-19-42(41)45)44-21-13-12-20-43(44)49(47)38-24-23-35-14-8-9-17-37(35)29-38/h5-31H,4H2,1-3H3. The molecular weight excluding hydrogens is 601 g/mol. The first-order valence-electron chi connectivity index (χ1n) is 17.7. The maximum Gasteiger partial charge on any atom is -0.00199 e. The number of fused-ring (bicyclic) bond motifs is 4. The Hall–Kier alpha value is -5.98. The first kappa shape index (κ1) is 30.1. The summed E-state index contributed by atoms with van der Waals surface area (Å²) < 4.78 is 0. The van der Waals surface area contributed by atoms with Gasteiger partial charge >= 0.3 is 0 Å². The van der Waals surface area contributed by atoms with Crippen molar-refractivity contribution in [2.45, 2.75) is 27.2 Å². The Morgan fingerprint density at radius 1 is 0.360 bits per heavy atom. The lowest BCUT2D eigenvalue weighted by atomic mass is 9.81. The van der Waals surface area contributed by atoms with Crippen LogP contribution in [0, 0.1) is 13.8 Å². The van der Waals surface area contributed by atoms with Gasteiger partial charge < -0.3 is 0 Å². The molecule has 0 aromatic heterocycles. The SMILES string of the molecule is CCc1cc2c(-c3ccc4ccccc4c3)c3ccccc3c(-c3ccc(-c4ccccc4)c4ccccc34)c2cc1-c1ccc(C)cc1C. The van der Waals surface area contributed by atoms with Crippen LogP contribution in [0.3, 0.4) is 0 Å². The number of rotatable bonds is 5. The van der Waals surface area contributed by atoms with Crippen LogP contribution < -0.4 is 0 Å². The van der Waals surface area contributed by atoms with E-state index in [0.29, 0.717) is 0 Å². The molecular formula is C50H38. The molecule has 238 valence electrons. The van der Waals surface area contributed by atoms with Crippen LogP contribution in [0.25, 0.3) is 87.6 Å². The number of hydrogen-bond acceptors (Lipinski definition) is 0. The van der Waals surface area contributed by atoms with Crippen LogP contribution in [0.4, 0.5) is 0 Å². The summed E-state index contributed by atoms with van der Waals surface area (Å²) in [4.78, 5) is 0. The Labute approximate surface area is 294 Å². The molecule has 0 heteroatoms. The molecule has 0 bridgehead atoms. The third-order valence-corrected chi connectivity index (χ3v) is 10.6. The number of hydrogen-bond donors (Lipinski definition) is 0. The van der Waals surface area contributed by atoms with E-state index >= 15 is 0 Å². The fourth-order valence-corrected chi connectivity index (χ4v) is 8.26. The van der Waals surface area contributed by atoms with Gasteiger partial charge in [-0.2, -0.15) is 0 Å². The van der Waals surface area contributed by atoms with E-state index in [2.05, 4.69) is 185 Å². The monoisotopic (exact) mass is 638 g/mol. The van der Waals surface area contributed by atoms with Gasteiger partial charge in [-0.15, -0.1) is 0 Å². The van der Waals surface area contributed by atoms with Crippen molar-refractivity contribution in [2.24, 2.45) is 0 Å². The highest BCUT2D eigenvalue weighted by Crippen LogP contribution is 2.48. The van der Waals surface area contributed by atoms with Crippen LogP contribution in [0.5, 0.6) is 0 Å². The van der Waals surface area contributed by atoms with Crippen molar-refractivity contribution < 1.29 is 0 Å². The summed E-state index contributed by atoms with van der Waals surface area (Å²) in [5.74, 6) is 0. The van der Waals surface area contributed by atoms with Gasteiger partial charge in [-0.3, -0.25) is 0 Å². The predicted octanol–water partition coefficient (Wildman–Crippen LogP) is 14.1. The lowest BCUT2D eigenvalue weighted by molar-refractivity contribution is 1.15. The van der Waals surface area contributed by atoms with E-state index in [0.717, 1.165) is 6.42 Å². The van der Waals surface area contributed by atoms with Crippen LogP contribution in [0.15, 0.2) is 164 Å². The Kier molecular flexibility index (Phi) is 7.32. The Balaban J connectivity index is 1.45. The average Bonchev–Trinajstić information content (AvgIpc) is 3.16. The van der Waals surface area contributed by atoms with Gasteiger partial charge in [-0.1, -0.05) is 158 Å².